The Balaban J connectivity index is 2.28. The summed E-state index contributed by atoms with van der Waals surface area (Å²) < 4.78 is 2.87. The summed E-state index contributed by atoms with van der Waals surface area (Å²) in [5.41, 5.74) is -1.86. The lowest BCUT2D eigenvalue weighted by atomic mass is 9.77. The number of hydrogen-bond acceptors (Lipinski definition) is 6. The number of aromatic amines is 1. The van der Waals surface area contributed by atoms with Crippen molar-refractivity contribution in [3.63, 3.8) is 0 Å². The summed E-state index contributed by atoms with van der Waals surface area (Å²) in [7, 11) is 0. The second-order valence-electron chi connectivity index (χ2n) is 5.48. The number of benzene rings is 1. The van der Waals surface area contributed by atoms with Crippen molar-refractivity contribution in [2.75, 3.05) is 6.61 Å². The highest BCUT2D eigenvalue weighted by Crippen LogP contribution is 2.55. The maximum absolute atomic E-state index is 11.1. The van der Waals surface area contributed by atoms with Gasteiger partial charge in [-0.05, 0) is 22.0 Å². The van der Waals surface area contributed by atoms with Crippen LogP contribution in [0, 0.1) is 0 Å². The zero-order valence-corrected chi connectivity index (χ0v) is 14.0. The fraction of sp³-hybridized carbons (Fsp3) is 0.429. The van der Waals surface area contributed by atoms with Crippen molar-refractivity contribution in [1.82, 2.24) is 4.98 Å². The van der Waals surface area contributed by atoms with Crippen LogP contribution in [0.4, 0.5) is 0 Å². The molecule has 3 rings (SSSR count). The Labute approximate surface area is 144 Å². The molecule has 7 nitrogen and oxygen atoms in total. The minimum absolute atomic E-state index is 0.0534. The van der Waals surface area contributed by atoms with E-state index in [0.29, 0.717) is 10.9 Å². The number of aromatic nitrogens is 1. The standard InChI is InChI=1S/C14H15BrClNO6/c15-12(6-18)14(16,22)13(21,10(19)11(20)23-12)8-5-17-9-4-2-1-3-7(8)9/h1-5,10-11,17-22H,6H2/t10-,11+,12-,13+,14+/m0/s1. The molecule has 2 aromatic rings. The molecule has 0 unspecified atom stereocenters. The van der Waals surface area contributed by atoms with E-state index in [1.807, 2.05) is 0 Å². The molecule has 23 heavy (non-hydrogen) atoms. The summed E-state index contributed by atoms with van der Waals surface area (Å²) in [6.45, 7) is -0.874. The zero-order chi connectivity index (χ0) is 17.0. The molecule has 1 saturated heterocycles. The Bertz CT molecular complexity index is 739. The number of alkyl halides is 2. The predicted octanol–water partition coefficient (Wildman–Crippen LogP) is 0.0759. The van der Waals surface area contributed by atoms with Crippen LogP contribution < -0.4 is 0 Å². The SMILES string of the molecule is OC[C@]1(Br)O[C@@H](O)[C@H](O)[C@](O)(c2c[nH]c3ccccc23)[C@@]1(O)Cl. The minimum Gasteiger partial charge on any atom is -0.392 e. The molecule has 0 amide bonds. The lowest BCUT2D eigenvalue weighted by molar-refractivity contribution is -0.348. The van der Waals surface area contributed by atoms with Crippen molar-refractivity contribution < 1.29 is 30.3 Å². The van der Waals surface area contributed by atoms with Crippen LogP contribution in [-0.4, -0.2) is 59.1 Å². The molecule has 1 aliphatic heterocycles. The maximum atomic E-state index is 11.1. The third-order valence-corrected chi connectivity index (χ3v) is 6.04. The van der Waals surface area contributed by atoms with Crippen LogP contribution in [0.15, 0.2) is 30.5 Å². The lowest BCUT2D eigenvalue weighted by Gasteiger charge is -2.54. The normalized spacial score (nSPS) is 41.3. The number of nitrogens with one attached hydrogen (secondary N) is 1. The van der Waals surface area contributed by atoms with Crippen molar-refractivity contribution in [3.8, 4) is 0 Å². The van der Waals surface area contributed by atoms with Gasteiger partial charge in [0.05, 0.1) is 6.61 Å². The maximum Gasteiger partial charge on any atom is 0.216 e. The number of para-hydroxylation sites is 1. The van der Waals surface area contributed by atoms with Crippen LogP contribution in [0.25, 0.3) is 10.9 Å². The average molecular weight is 409 g/mol. The number of fused-ring (bicyclic) bond motifs is 1. The summed E-state index contributed by atoms with van der Waals surface area (Å²) in [6.07, 6.45) is -2.51. The molecule has 0 radical (unpaired) electrons. The molecule has 2 heterocycles. The Morgan fingerprint density at radius 2 is 1.91 bits per heavy atom. The number of rotatable bonds is 2. The zero-order valence-electron chi connectivity index (χ0n) is 11.6. The molecule has 1 aliphatic rings. The average Bonchev–Trinajstić information content (AvgIpc) is 2.96. The van der Waals surface area contributed by atoms with Gasteiger partial charge in [-0.1, -0.05) is 29.8 Å². The van der Waals surface area contributed by atoms with Crippen LogP contribution in [0.1, 0.15) is 5.56 Å². The second kappa shape index (κ2) is 5.40. The summed E-state index contributed by atoms with van der Waals surface area (Å²) in [6, 6.07) is 6.84. The van der Waals surface area contributed by atoms with Gasteiger partial charge < -0.3 is 35.3 Å². The lowest BCUT2D eigenvalue weighted by Crippen LogP contribution is -2.74. The number of aliphatic hydroxyl groups excluding tert-OH is 3. The van der Waals surface area contributed by atoms with Crippen molar-refractivity contribution in [2.24, 2.45) is 0 Å². The highest BCUT2D eigenvalue weighted by Gasteiger charge is 2.71. The van der Waals surface area contributed by atoms with E-state index in [1.54, 1.807) is 24.3 Å². The van der Waals surface area contributed by atoms with Crippen LogP contribution in [0.3, 0.4) is 0 Å². The van der Waals surface area contributed by atoms with E-state index in [2.05, 4.69) is 20.9 Å². The number of H-pyrrole nitrogens is 1. The number of hydrogen-bond donors (Lipinski definition) is 6. The van der Waals surface area contributed by atoms with Crippen LogP contribution in [0.2, 0.25) is 0 Å². The van der Waals surface area contributed by atoms with Gasteiger partial charge in [0, 0.05) is 22.7 Å². The van der Waals surface area contributed by atoms with Crippen molar-refractivity contribution >= 4 is 38.4 Å². The Kier molecular flexibility index (Phi) is 4.02. The Morgan fingerprint density at radius 1 is 1.26 bits per heavy atom. The van der Waals surface area contributed by atoms with Crippen LogP contribution >= 0.6 is 27.5 Å². The Hall–Kier alpha value is -0.710. The van der Waals surface area contributed by atoms with Crippen LogP contribution in [0.5, 0.6) is 0 Å². The summed E-state index contributed by atoms with van der Waals surface area (Å²) in [4.78, 5) is 2.89. The first kappa shape index (κ1) is 17.1. The van der Waals surface area contributed by atoms with E-state index in [0.717, 1.165) is 0 Å². The topological polar surface area (TPSA) is 126 Å². The number of ether oxygens (including phenoxy) is 1. The molecule has 1 aromatic carbocycles. The van der Waals surface area contributed by atoms with Gasteiger partial charge in [0.15, 0.2) is 16.4 Å². The molecule has 5 atom stereocenters. The van der Waals surface area contributed by atoms with Gasteiger partial charge in [-0.15, -0.1) is 0 Å². The van der Waals surface area contributed by atoms with E-state index in [1.165, 1.54) is 6.20 Å². The van der Waals surface area contributed by atoms with Crippen molar-refractivity contribution in [1.29, 1.82) is 0 Å². The van der Waals surface area contributed by atoms with Crippen molar-refractivity contribution in [3.05, 3.63) is 36.0 Å². The number of halogens is 2. The van der Waals surface area contributed by atoms with E-state index >= 15 is 0 Å². The summed E-state index contributed by atoms with van der Waals surface area (Å²) >= 11 is 9.04. The highest BCUT2D eigenvalue weighted by atomic mass is 79.9. The van der Waals surface area contributed by atoms with E-state index < -0.39 is 34.2 Å². The third kappa shape index (κ3) is 2.11. The van der Waals surface area contributed by atoms with E-state index in [-0.39, 0.29) is 5.56 Å². The first-order valence-electron chi connectivity index (χ1n) is 6.73. The van der Waals surface area contributed by atoms with Gasteiger partial charge in [-0.2, -0.15) is 0 Å². The van der Waals surface area contributed by atoms with Crippen molar-refractivity contribution in [2.45, 2.75) is 27.6 Å². The predicted molar refractivity (Wildman–Crippen MR) is 84.8 cm³/mol. The van der Waals surface area contributed by atoms with E-state index in [9.17, 15) is 25.5 Å². The molecule has 6 N–H and O–H groups in total. The van der Waals surface area contributed by atoms with Gasteiger partial charge in [0.25, 0.3) is 0 Å². The summed E-state index contributed by atoms with van der Waals surface area (Å²) in [5.74, 6) is 0. The molecule has 1 aromatic heterocycles. The molecule has 1 fully saturated rings. The molecular formula is C14H15BrClNO6. The van der Waals surface area contributed by atoms with E-state index in [4.69, 9.17) is 16.3 Å². The number of aliphatic hydroxyl groups is 5. The molecule has 0 aliphatic carbocycles. The molecule has 0 bridgehead atoms. The molecule has 0 spiro atoms. The first-order valence-corrected chi connectivity index (χ1v) is 7.90. The highest BCUT2D eigenvalue weighted by molar-refractivity contribution is 9.10. The quantitative estimate of drug-likeness (QED) is 0.391. The third-order valence-electron chi connectivity index (χ3n) is 4.21. The van der Waals surface area contributed by atoms with Gasteiger partial charge in [-0.25, -0.2) is 0 Å². The fourth-order valence-corrected chi connectivity index (χ4v) is 3.70. The minimum atomic E-state index is -2.70. The summed E-state index contributed by atoms with van der Waals surface area (Å²) in [5, 5.41) is 49.4. The van der Waals surface area contributed by atoms with Crippen LogP contribution in [-0.2, 0) is 10.3 Å². The van der Waals surface area contributed by atoms with Gasteiger partial charge >= 0.3 is 0 Å². The Morgan fingerprint density at radius 3 is 2.57 bits per heavy atom. The fourth-order valence-electron chi connectivity index (χ4n) is 2.89. The molecule has 0 saturated carbocycles. The molecule has 126 valence electrons. The monoisotopic (exact) mass is 407 g/mol. The van der Waals surface area contributed by atoms with Gasteiger partial charge in [0.1, 0.15) is 6.10 Å². The molecular weight excluding hydrogens is 394 g/mol. The largest absolute Gasteiger partial charge is 0.392 e. The first-order chi connectivity index (χ1) is 10.7. The second-order valence-corrected chi connectivity index (χ2v) is 7.30. The smallest absolute Gasteiger partial charge is 0.216 e. The van der Waals surface area contributed by atoms with Gasteiger partial charge in [0.2, 0.25) is 5.06 Å². The molecule has 9 heteroatoms. The van der Waals surface area contributed by atoms with Gasteiger partial charge in [-0.3, -0.25) is 0 Å².